The largest absolute Gasteiger partial charge is 0.493 e. The van der Waals surface area contributed by atoms with Gasteiger partial charge in [-0.2, -0.15) is 0 Å². The summed E-state index contributed by atoms with van der Waals surface area (Å²) in [6, 6.07) is 18.8. The van der Waals surface area contributed by atoms with Crippen LogP contribution in [0.15, 0.2) is 65.1 Å². The molecule has 0 atom stereocenters. The fourth-order valence-corrected chi connectivity index (χ4v) is 3.72. The lowest BCUT2D eigenvalue weighted by atomic mass is 9.98. The van der Waals surface area contributed by atoms with Crippen molar-refractivity contribution in [1.29, 1.82) is 0 Å². The van der Waals surface area contributed by atoms with Crippen molar-refractivity contribution in [2.75, 3.05) is 21.3 Å². The Kier molecular flexibility index (Phi) is 6.68. The summed E-state index contributed by atoms with van der Waals surface area (Å²) in [6.45, 7) is 4.28. The Morgan fingerprint density at radius 3 is 2.12 bits per heavy atom. The van der Waals surface area contributed by atoms with Crippen LogP contribution in [0.5, 0.6) is 17.2 Å². The van der Waals surface area contributed by atoms with E-state index in [1.165, 1.54) is 26.9 Å². The molecule has 3 aromatic carbocycles. The maximum absolute atomic E-state index is 13.8. The van der Waals surface area contributed by atoms with Gasteiger partial charge < -0.3 is 18.6 Å². The number of benzene rings is 3. The van der Waals surface area contributed by atoms with Crippen molar-refractivity contribution in [2.24, 2.45) is 0 Å². The quantitative estimate of drug-likeness (QED) is 0.225. The Balaban J connectivity index is 1.86. The Labute approximate surface area is 198 Å². The van der Waals surface area contributed by atoms with Crippen molar-refractivity contribution in [1.82, 2.24) is 4.98 Å². The molecule has 6 heteroatoms. The zero-order valence-electron chi connectivity index (χ0n) is 19.9. The molecule has 0 aliphatic carbocycles. The normalized spacial score (nSPS) is 11.6. The molecule has 0 saturated carbocycles. The predicted octanol–water partition coefficient (Wildman–Crippen LogP) is 6.40. The van der Waals surface area contributed by atoms with Crippen molar-refractivity contribution < 1.29 is 23.4 Å². The summed E-state index contributed by atoms with van der Waals surface area (Å²) in [6.07, 6.45) is 1.79. The number of aromatic nitrogens is 1. The third-order valence-corrected chi connectivity index (χ3v) is 5.61. The minimum Gasteiger partial charge on any atom is -0.493 e. The van der Waals surface area contributed by atoms with Gasteiger partial charge in [-0.15, -0.1) is 0 Å². The first-order valence-electron chi connectivity index (χ1n) is 11.0. The molecule has 0 fully saturated rings. The molecule has 1 heterocycles. The van der Waals surface area contributed by atoms with Crippen LogP contribution >= 0.6 is 0 Å². The van der Waals surface area contributed by atoms with Crippen LogP contribution < -0.4 is 14.2 Å². The van der Waals surface area contributed by atoms with Crippen LogP contribution in [0.1, 0.15) is 47.1 Å². The molecule has 0 aliphatic heterocycles. The van der Waals surface area contributed by atoms with E-state index in [0.29, 0.717) is 45.4 Å². The summed E-state index contributed by atoms with van der Waals surface area (Å²) in [5.74, 6) is 1.58. The summed E-state index contributed by atoms with van der Waals surface area (Å²) in [5.41, 5.74) is 4.05. The van der Waals surface area contributed by atoms with Gasteiger partial charge in [0.2, 0.25) is 11.6 Å². The lowest BCUT2D eigenvalue weighted by molar-refractivity contribution is 0.105. The van der Waals surface area contributed by atoms with Gasteiger partial charge in [-0.05, 0) is 47.4 Å². The van der Waals surface area contributed by atoms with E-state index in [1.54, 1.807) is 18.2 Å². The highest BCUT2D eigenvalue weighted by Gasteiger charge is 2.24. The van der Waals surface area contributed by atoms with Gasteiger partial charge in [-0.25, -0.2) is 4.98 Å². The van der Waals surface area contributed by atoms with Crippen LogP contribution in [-0.2, 0) is 0 Å². The van der Waals surface area contributed by atoms with E-state index in [1.807, 2.05) is 36.4 Å². The minimum absolute atomic E-state index is 0.243. The van der Waals surface area contributed by atoms with Crippen LogP contribution in [0.2, 0.25) is 0 Å². The maximum atomic E-state index is 13.8. The second kappa shape index (κ2) is 9.83. The van der Waals surface area contributed by atoms with Gasteiger partial charge in [0.15, 0.2) is 22.9 Å². The van der Waals surface area contributed by atoms with Crippen molar-refractivity contribution in [3.8, 4) is 17.2 Å². The zero-order valence-corrected chi connectivity index (χ0v) is 19.9. The van der Waals surface area contributed by atoms with Gasteiger partial charge in [0.05, 0.1) is 26.9 Å². The van der Waals surface area contributed by atoms with E-state index in [4.69, 9.17) is 18.6 Å². The average molecular weight is 458 g/mol. The topological polar surface area (TPSA) is 70.8 Å². The smallest absolute Gasteiger partial charge is 0.231 e. The predicted molar refractivity (Wildman–Crippen MR) is 133 cm³/mol. The van der Waals surface area contributed by atoms with Crippen molar-refractivity contribution in [2.45, 2.75) is 19.8 Å². The Morgan fingerprint density at radius 2 is 1.56 bits per heavy atom. The number of Topliss-reactive ketones (excluding diaryl/α,β-unsaturated/α-hetero) is 1. The van der Waals surface area contributed by atoms with Crippen LogP contribution in [0, 0.1) is 0 Å². The Morgan fingerprint density at radius 1 is 0.912 bits per heavy atom. The lowest BCUT2D eigenvalue weighted by Gasteiger charge is -2.14. The average Bonchev–Trinajstić information content (AvgIpc) is 3.30. The Bertz CT molecular complexity index is 1290. The first kappa shape index (κ1) is 23.1. The minimum atomic E-state index is -0.279. The lowest BCUT2D eigenvalue weighted by Crippen LogP contribution is -2.05. The number of methoxy groups -OCH3 is 3. The van der Waals surface area contributed by atoms with E-state index >= 15 is 0 Å². The highest BCUT2D eigenvalue weighted by atomic mass is 16.5. The number of nitrogens with zero attached hydrogens (tertiary/aromatic N) is 1. The second-order valence-electron chi connectivity index (χ2n) is 8.11. The summed E-state index contributed by atoms with van der Waals surface area (Å²) in [7, 11) is 4.55. The SMILES string of the molecule is COc1cc(C(=O)/C(=C/c2ccc(C(C)C)cc2)c2nc3ccccc3o2)cc(OC)c1OC. The number of para-hydroxylation sites is 2. The fraction of sp³-hybridized carbons (Fsp3) is 0.214. The van der Waals surface area contributed by atoms with Gasteiger partial charge in [-0.3, -0.25) is 4.79 Å². The molecule has 0 spiro atoms. The number of fused-ring (bicyclic) bond motifs is 1. The van der Waals surface area contributed by atoms with Crippen molar-refractivity contribution >= 4 is 28.5 Å². The highest BCUT2D eigenvalue weighted by Crippen LogP contribution is 2.39. The third-order valence-electron chi connectivity index (χ3n) is 5.61. The Hall–Kier alpha value is -4.06. The van der Waals surface area contributed by atoms with Crippen LogP contribution in [0.4, 0.5) is 0 Å². The summed E-state index contributed by atoms with van der Waals surface area (Å²) < 4.78 is 22.3. The van der Waals surface area contributed by atoms with Crippen molar-refractivity contribution in [3.63, 3.8) is 0 Å². The summed E-state index contributed by atoms with van der Waals surface area (Å²) in [5, 5.41) is 0. The first-order valence-corrected chi connectivity index (χ1v) is 11.0. The molecule has 4 aromatic rings. The number of hydrogen-bond donors (Lipinski definition) is 0. The van der Waals surface area contributed by atoms with E-state index in [0.717, 1.165) is 5.56 Å². The number of allylic oxidation sites excluding steroid dienone is 1. The molecule has 0 radical (unpaired) electrons. The number of carbonyl (C=O) groups is 1. The number of hydrogen-bond acceptors (Lipinski definition) is 6. The van der Waals surface area contributed by atoms with E-state index in [9.17, 15) is 4.79 Å². The third kappa shape index (κ3) is 4.53. The molecule has 0 unspecified atom stereocenters. The molecule has 174 valence electrons. The van der Waals surface area contributed by atoms with E-state index in [-0.39, 0.29) is 11.7 Å². The molecule has 0 amide bonds. The fourth-order valence-electron chi connectivity index (χ4n) is 3.72. The van der Waals surface area contributed by atoms with E-state index < -0.39 is 0 Å². The molecule has 0 saturated heterocycles. The summed E-state index contributed by atoms with van der Waals surface area (Å²) in [4.78, 5) is 18.4. The standard InChI is InChI=1S/C28H27NO5/c1-17(2)19-12-10-18(11-13-19)14-21(28-29-22-8-6-7-9-23(22)34-28)26(30)20-15-24(31-3)27(33-5)25(16-20)32-4/h6-17H,1-5H3/b21-14-. The van der Waals surface area contributed by atoms with E-state index in [2.05, 4.69) is 31.0 Å². The number of ether oxygens (including phenoxy) is 3. The molecule has 34 heavy (non-hydrogen) atoms. The van der Waals surface area contributed by atoms with Crippen LogP contribution in [0.3, 0.4) is 0 Å². The second-order valence-corrected chi connectivity index (χ2v) is 8.11. The van der Waals surface area contributed by atoms with Gasteiger partial charge in [-0.1, -0.05) is 50.2 Å². The number of oxazole rings is 1. The van der Waals surface area contributed by atoms with Gasteiger partial charge in [0.1, 0.15) is 5.52 Å². The first-order chi connectivity index (χ1) is 16.4. The number of ketones is 1. The molecule has 4 rings (SSSR count). The van der Waals surface area contributed by atoms with Crippen LogP contribution in [0.25, 0.3) is 22.7 Å². The number of carbonyl (C=O) groups excluding carboxylic acids is 1. The monoisotopic (exact) mass is 457 g/mol. The van der Waals surface area contributed by atoms with Crippen LogP contribution in [-0.4, -0.2) is 32.1 Å². The molecule has 0 aliphatic rings. The highest BCUT2D eigenvalue weighted by molar-refractivity contribution is 6.31. The van der Waals surface area contributed by atoms with Crippen molar-refractivity contribution in [3.05, 3.63) is 83.2 Å². The molecule has 6 nitrogen and oxygen atoms in total. The molecule has 0 bridgehead atoms. The van der Waals surface area contributed by atoms with Gasteiger partial charge in [0.25, 0.3) is 0 Å². The summed E-state index contributed by atoms with van der Waals surface area (Å²) >= 11 is 0. The molecular formula is C28H27NO5. The molecule has 0 N–H and O–H groups in total. The van der Waals surface area contributed by atoms with Gasteiger partial charge in [0, 0.05) is 5.56 Å². The molecular weight excluding hydrogens is 430 g/mol. The van der Waals surface area contributed by atoms with Gasteiger partial charge >= 0.3 is 0 Å². The maximum Gasteiger partial charge on any atom is 0.231 e. The molecule has 1 aromatic heterocycles. The zero-order chi connectivity index (χ0) is 24.2. The number of rotatable bonds is 8.